The van der Waals surface area contributed by atoms with Gasteiger partial charge in [0.15, 0.2) is 0 Å². The molecule has 0 aromatic heterocycles. The van der Waals surface area contributed by atoms with Crippen LogP contribution in [0.1, 0.15) is 23.1 Å². The van der Waals surface area contributed by atoms with Crippen LogP contribution in [0.2, 0.25) is 0 Å². The van der Waals surface area contributed by atoms with Gasteiger partial charge in [-0.15, -0.1) is 0 Å². The monoisotopic (exact) mass is 327 g/mol. The standard InChI is InChI=1S/C19H21NO4/c1-14-8-4-7-11-18(14)24-13-15-9-5-6-10-16(15)17(20-23-3)12-19(21)22-2/h4-11H,12-13H2,1-3H3/b20-17+. The molecule has 0 unspecified atom stereocenters. The number of carbonyl (C=O) groups excluding carboxylic acids is 1. The van der Waals surface area contributed by atoms with Crippen molar-refractivity contribution in [2.45, 2.75) is 20.0 Å². The summed E-state index contributed by atoms with van der Waals surface area (Å²) in [6.45, 7) is 2.36. The van der Waals surface area contributed by atoms with Gasteiger partial charge in [-0.3, -0.25) is 4.79 Å². The average Bonchev–Trinajstić information content (AvgIpc) is 2.61. The number of para-hydroxylation sites is 1. The summed E-state index contributed by atoms with van der Waals surface area (Å²) < 4.78 is 10.6. The highest BCUT2D eigenvalue weighted by molar-refractivity contribution is 6.09. The topological polar surface area (TPSA) is 57.1 Å². The molecule has 0 radical (unpaired) electrons. The van der Waals surface area contributed by atoms with Gasteiger partial charge in [0, 0.05) is 5.56 Å². The third kappa shape index (κ3) is 4.59. The SMILES string of the molecule is CO/N=C(\CC(=O)OC)c1ccccc1COc1ccccc1C. The molecule has 0 saturated carbocycles. The molecule has 5 nitrogen and oxygen atoms in total. The molecule has 0 saturated heterocycles. The smallest absolute Gasteiger partial charge is 0.311 e. The highest BCUT2D eigenvalue weighted by atomic mass is 16.6. The number of ether oxygens (including phenoxy) is 2. The first-order chi connectivity index (χ1) is 11.7. The fourth-order valence-electron chi connectivity index (χ4n) is 2.30. The molecule has 5 heteroatoms. The molecule has 2 aromatic rings. The maximum absolute atomic E-state index is 11.6. The minimum absolute atomic E-state index is 0.0335. The van der Waals surface area contributed by atoms with Gasteiger partial charge in [0.25, 0.3) is 0 Å². The van der Waals surface area contributed by atoms with Crippen LogP contribution in [0.15, 0.2) is 53.7 Å². The van der Waals surface area contributed by atoms with Crippen LogP contribution in [-0.2, 0) is 21.0 Å². The van der Waals surface area contributed by atoms with Gasteiger partial charge in [0.2, 0.25) is 0 Å². The lowest BCUT2D eigenvalue weighted by Gasteiger charge is -2.13. The molecule has 0 heterocycles. The summed E-state index contributed by atoms with van der Waals surface area (Å²) in [4.78, 5) is 16.5. The summed E-state index contributed by atoms with van der Waals surface area (Å²) in [7, 11) is 2.80. The molecule has 0 N–H and O–H groups in total. The van der Waals surface area contributed by atoms with Crippen molar-refractivity contribution >= 4 is 11.7 Å². The number of hydrogen-bond donors (Lipinski definition) is 0. The molecular weight excluding hydrogens is 306 g/mol. The Morgan fingerprint density at radius 3 is 2.46 bits per heavy atom. The van der Waals surface area contributed by atoms with Gasteiger partial charge >= 0.3 is 5.97 Å². The van der Waals surface area contributed by atoms with Crippen molar-refractivity contribution in [1.29, 1.82) is 0 Å². The van der Waals surface area contributed by atoms with Gasteiger partial charge < -0.3 is 14.3 Å². The number of oxime groups is 1. The zero-order valence-electron chi connectivity index (χ0n) is 14.1. The Morgan fingerprint density at radius 1 is 1.04 bits per heavy atom. The number of aryl methyl sites for hydroxylation is 1. The Bertz CT molecular complexity index is 725. The summed E-state index contributed by atoms with van der Waals surface area (Å²) in [5.41, 5.74) is 3.29. The number of benzene rings is 2. The van der Waals surface area contributed by atoms with Gasteiger partial charge in [-0.1, -0.05) is 47.6 Å². The highest BCUT2D eigenvalue weighted by Gasteiger charge is 2.15. The fourth-order valence-corrected chi connectivity index (χ4v) is 2.30. The van der Waals surface area contributed by atoms with Crippen LogP contribution in [0.3, 0.4) is 0 Å². The zero-order chi connectivity index (χ0) is 17.4. The van der Waals surface area contributed by atoms with Crippen LogP contribution >= 0.6 is 0 Å². The van der Waals surface area contributed by atoms with Gasteiger partial charge in [-0.2, -0.15) is 0 Å². The van der Waals surface area contributed by atoms with E-state index in [9.17, 15) is 4.79 Å². The first-order valence-electron chi connectivity index (χ1n) is 7.59. The molecule has 0 aliphatic rings. The van der Waals surface area contributed by atoms with E-state index in [-0.39, 0.29) is 12.4 Å². The van der Waals surface area contributed by atoms with Gasteiger partial charge in [-0.25, -0.2) is 0 Å². The average molecular weight is 327 g/mol. The summed E-state index contributed by atoms with van der Waals surface area (Å²) in [5, 5.41) is 3.98. The Kier molecular flexibility index (Phi) is 6.37. The lowest BCUT2D eigenvalue weighted by molar-refractivity contribution is -0.139. The number of methoxy groups -OCH3 is 1. The van der Waals surface area contributed by atoms with Crippen molar-refractivity contribution in [3.05, 3.63) is 65.2 Å². The van der Waals surface area contributed by atoms with E-state index in [1.807, 2.05) is 55.5 Å². The number of rotatable bonds is 7. The fraction of sp³-hybridized carbons (Fsp3) is 0.263. The second kappa shape index (κ2) is 8.72. The van der Waals surface area contributed by atoms with Gasteiger partial charge in [0.1, 0.15) is 19.5 Å². The minimum Gasteiger partial charge on any atom is -0.489 e. The maximum atomic E-state index is 11.6. The molecule has 0 aliphatic heterocycles. The van der Waals surface area contributed by atoms with Crippen LogP contribution < -0.4 is 4.74 Å². The zero-order valence-corrected chi connectivity index (χ0v) is 14.1. The van der Waals surface area contributed by atoms with E-state index in [1.54, 1.807) is 0 Å². The quantitative estimate of drug-likeness (QED) is 0.444. The molecule has 24 heavy (non-hydrogen) atoms. The Hall–Kier alpha value is -2.82. The van der Waals surface area contributed by atoms with Crippen molar-refractivity contribution in [1.82, 2.24) is 0 Å². The third-order valence-corrected chi connectivity index (χ3v) is 3.55. The number of nitrogens with zero attached hydrogens (tertiary/aromatic N) is 1. The normalized spacial score (nSPS) is 11.0. The number of esters is 1. The lowest BCUT2D eigenvalue weighted by Crippen LogP contribution is -2.14. The van der Waals surface area contributed by atoms with E-state index in [2.05, 4.69) is 5.16 Å². The largest absolute Gasteiger partial charge is 0.489 e. The van der Waals surface area contributed by atoms with Crippen LogP contribution in [0.4, 0.5) is 0 Å². The van der Waals surface area contributed by atoms with Crippen molar-refractivity contribution in [3.63, 3.8) is 0 Å². The minimum atomic E-state index is -0.375. The predicted octanol–water partition coefficient (Wildman–Crippen LogP) is 3.49. The van der Waals surface area contributed by atoms with Crippen LogP contribution in [0.5, 0.6) is 5.75 Å². The maximum Gasteiger partial charge on any atom is 0.311 e. The summed E-state index contributed by atoms with van der Waals surface area (Å²) in [6.07, 6.45) is 0.0335. The van der Waals surface area contributed by atoms with Crippen LogP contribution in [0, 0.1) is 6.92 Å². The van der Waals surface area contributed by atoms with E-state index in [0.29, 0.717) is 12.3 Å². The Morgan fingerprint density at radius 2 is 1.75 bits per heavy atom. The molecule has 2 rings (SSSR count). The van der Waals surface area contributed by atoms with Gasteiger partial charge in [-0.05, 0) is 24.1 Å². The van der Waals surface area contributed by atoms with E-state index in [1.165, 1.54) is 14.2 Å². The summed E-state index contributed by atoms with van der Waals surface area (Å²) in [6, 6.07) is 15.5. The molecule has 0 fully saturated rings. The molecule has 0 aliphatic carbocycles. The summed E-state index contributed by atoms with van der Waals surface area (Å²) in [5.74, 6) is 0.450. The van der Waals surface area contributed by atoms with E-state index in [4.69, 9.17) is 14.3 Å². The van der Waals surface area contributed by atoms with E-state index in [0.717, 1.165) is 22.4 Å². The molecule has 0 bridgehead atoms. The second-order valence-electron chi connectivity index (χ2n) is 5.18. The molecule has 0 atom stereocenters. The third-order valence-electron chi connectivity index (χ3n) is 3.55. The van der Waals surface area contributed by atoms with Crippen LogP contribution in [-0.4, -0.2) is 25.9 Å². The highest BCUT2D eigenvalue weighted by Crippen LogP contribution is 2.20. The predicted molar refractivity (Wildman–Crippen MR) is 92.1 cm³/mol. The molecule has 126 valence electrons. The van der Waals surface area contributed by atoms with Crippen molar-refractivity contribution in [2.24, 2.45) is 5.16 Å². The van der Waals surface area contributed by atoms with E-state index < -0.39 is 0 Å². The molecule has 0 spiro atoms. The second-order valence-corrected chi connectivity index (χ2v) is 5.18. The van der Waals surface area contributed by atoms with Crippen molar-refractivity contribution < 1.29 is 19.1 Å². The first-order valence-corrected chi connectivity index (χ1v) is 7.59. The lowest BCUT2D eigenvalue weighted by atomic mass is 10.0. The Labute approximate surface area is 141 Å². The molecular formula is C19H21NO4. The molecule has 2 aromatic carbocycles. The van der Waals surface area contributed by atoms with Crippen molar-refractivity contribution in [2.75, 3.05) is 14.2 Å². The van der Waals surface area contributed by atoms with E-state index >= 15 is 0 Å². The number of carbonyl (C=O) groups is 1. The first kappa shape index (κ1) is 17.5. The summed E-state index contributed by atoms with van der Waals surface area (Å²) >= 11 is 0. The van der Waals surface area contributed by atoms with Crippen molar-refractivity contribution in [3.8, 4) is 5.75 Å². The van der Waals surface area contributed by atoms with Crippen LogP contribution in [0.25, 0.3) is 0 Å². The number of hydrogen-bond acceptors (Lipinski definition) is 5. The van der Waals surface area contributed by atoms with Gasteiger partial charge in [0.05, 0.1) is 19.2 Å². The molecule has 0 amide bonds. The Balaban J connectivity index is 2.24.